The van der Waals surface area contributed by atoms with Crippen LogP contribution in [0, 0.1) is 6.92 Å². The van der Waals surface area contributed by atoms with E-state index in [0.717, 1.165) is 32.7 Å². The Kier molecular flexibility index (Phi) is 6.02. The van der Waals surface area contributed by atoms with Crippen LogP contribution in [-0.2, 0) is 9.53 Å². The van der Waals surface area contributed by atoms with Gasteiger partial charge in [-0.3, -0.25) is 0 Å². The number of hydrogen-bond donors (Lipinski definition) is 0. The molecule has 8 heteroatoms. The highest BCUT2D eigenvalue weighted by Crippen LogP contribution is 2.48. The maximum Gasteiger partial charge on any atom is 0.365 e. The third-order valence-electron chi connectivity index (χ3n) is 5.49. The van der Waals surface area contributed by atoms with E-state index in [2.05, 4.69) is 15.9 Å². The standard InChI is InChI=1S/C26H21BrN4O2S/c1-18-8-14-22(15-9-18)31-26(34-24(29-31)25(32)33-2)17-16-23(19-10-12-20(27)13-11-19)28-30(26)21-6-4-3-5-7-21/h3-17H,1-2H3. The lowest BCUT2D eigenvalue weighted by molar-refractivity contribution is -0.132. The van der Waals surface area contributed by atoms with Crippen molar-refractivity contribution < 1.29 is 9.53 Å². The number of thioether (sulfide) groups is 1. The molecule has 2 aliphatic rings. The lowest BCUT2D eigenvalue weighted by Gasteiger charge is -2.43. The van der Waals surface area contributed by atoms with Crippen molar-refractivity contribution in [3.63, 3.8) is 0 Å². The zero-order valence-electron chi connectivity index (χ0n) is 18.6. The van der Waals surface area contributed by atoms with Gasteiger partial charge < -0.3 is 4.74 Å². The van der Waals surface area contributed by atoms with Crippen LogP contribution in [0.25, 0.3) is 0 Å². The predicted octanol–water partition coefficient (Wildman–Crippen LogP) is 5.93. The maximum absolute atomic E-state index is 12.5. The zero-order valence-corrected chi connectivity index (χ0v) is 21.0. The molecule has 0 amide bonds. The Morgan fingerprint density at radius 3 is 2.24 bits per heavy atom. The number of esters is 1. The van der Waals surface area contributed by atoms with Gasteiger partial charge in [-0.2, -0.15) is 10.2 Å². The second-order valence-corrected chi connectivity index (χ2v) is 9.88. The molecule has 0 N–H and O–H groups in total. The molecule has 5 rings (SSSR count). The summed E-state index contributed by atoms with van der Waals surface area (Å²) in [5, 5.41) is 13.8. The first-order valence-electron chi connectivity index (χ1n) is 10.6. The van der Waals surface area contributed by atoms with Crippen molar-refractivity contribution >= 4 is 55.8 Å². The smallest absolute Gasteiger partial charge is 0.365 e. The number of hydrogen-bond acceptors (Lipinski definition) is 7. The van der Waals surface area contributed by atoms with Crippen molar-refractivity contribution in [3.05, 3.63) is 107 Å². The molecule has 170 valence electrons. The SMILES string of the molecule is COC(=O)C1=NN(c2ccc(C)cc2)C2(C=CC(c3ccc(Br)cc3)=NN2c2ccccc2)S1. The van der Waals surface area contributed by atoms with Crippen LogP contribution in [0.5, 0.6) is 0 Å². The number of carbonyl (C=O) groups excluding carboxylic acids is 1. The van der Waals surface area contributed by atoms with Gasteiger partial charge in [0.1, 0.15) is 0 Å². The van der Waals surface area contributed by atoms with E-state index < -0.39 is 11.0 Å². The molecule has 6 nitrogen and oxygen atoms in total. The molecule has 0 fully saturated rings. The average molecular weight is 533 g/mol. The molecule has 0 aromatic heterocycles. The summed E-state index contributed by atoms with van der Waals surface area (Å²) in [6.45, 7) is 2.03. The van der Waals surface area contributed by atoms with Crippen LogP contribution in [0.2, 0.25) is 0 Å². The number of nitrogens with zero attached hydrogens (tertiary/aromatic N) is 4. The Morgan fingerprint density at radius 2 is 1.56 bits per heavy atom. The second kappa shape index (κ2) is 9.12. The monoisotopic (exact) mass is 532 g/mol. The average Bonchev–Trinajstić information content (AvgIpc) is 3.25. The van der Waals surface area contributed by atoms with Gasteiger partial charge in [0.05, 0.1) is 24.2 Å². The molecule has 34 heavy (non-hydrogen) atoms. The third kappa shape index (κ3) is 4.03. The van der Waals surface area contributed by atoms with Crippen molar-refractivity contribution in [3.8, 4) is 0 Å². The normalized spacial score (nSPS) is 19.3. The molecule has 3 aromatic rings. The van der Waals surface area contributed by atoms with Crippen LogP contribution in [0.15, 0.2) is 106 Å². The second-order valence-electron chi connectivity index (χ2n) is 7.78. The van der Waals surface area contributed by atoms with E-state index in [1.54, 1.807) is 0 Å². The Balaban J connectivity index is 1.66. The molecule has 2 aliphatic heterocycles. The van der Waals surface area contributed by atoms with Gasteiger partial charge in [0, 0.05) is 10.0 Å². The molecule has 0 bridgehead atoms. The molecule has 0 saturated heterocycles. The van der Waals surface area contributed by atoms with Gasteiger partial charge in [0.25, 0.3) is 0 Å². The molecular weight excluding hydrogens is 512 g/mol. The van der Waals surface area contributed by atoms with Crippen molar-refractivity contribution in [2.45, 2.75) is 11.9 Å². The summed E-state index contributed by atoms with van der Waals surface area (Å²) in [5.74, 6) is -0.483. The number of methoxy groups -OCH3 is 1. The van der Waals surface area contributed by atoms with E-state index >= 15 is 0 Å². The van der Waals surface area contributed by atoms with Gasteiger partial charge in [-0.1, -0.05) is 64.0 Å². The Morgan fingerprint density at radius 1 is 0.912 bits per heavy atom. The van der Waals surface area contributed by atoms with Gasteiger partial charge in [0.15, 0.2) is 0 Å². The van der Waals surface area contributed by atoms with Crippen LogP contribution in [0.4, 0.5) is 11.4 Å². The predicted molar refractivity (Wildman–Crippen MR) is 142 cm³/mol. The Labute approximate surface area is 210 Å². The summed E-state index contributed by atoms with van der Waals surface area (Å²) in [5.41, 5.74) is 4.63. The van der Waals surface area contributed by atoms with Gasteiger partial charge in [-0.25, -0.2) is 14.8 Å². The van der Waals surface area contributed by atoms with Crippen molar-refractivity contribution in [1.29, 1.82) is 0 Å². The first kappa shape index (κ1) is 22.4. The Bertz CT molecular complexity index is 1310. The first-order chi connectivity index (χ1) is 16.5. The summed E-state index contributed by atoms with van der Waals surface area (Å²) in [6, 6.07) is 25.9. The minimum Gasteiger partial charge on any atom is -0.464 e. The molecule has 1 unspecified atom stereocenters. The van der Waals surface area contributed by atoms with E-state index in [4.69, 9.17) is 14.9 Å². The summed E-state index contributed by atoms with van der Waals surface area (Å²) in [4.78, 5) is 11.6. The van der Waals surface area contributed by atoms with Crippen LogP contribution < -0.4 is 10.0 Å². The molecule has 0 radical (unpaired) electrons. The number of anilines is 2. The van der Waals surface area contributed by atoms with E-state index in [-0.39, 0.29) is 5.04 Å². The quantitative estimate of drug-likeness (QED) is 0.389. The van der Waals surface area contributed by atoms with E-state index in [0.29, 0.717) is 0 Å². The van der Waals surface area contributed by atoms with Crippen LogP contribution in [0.1, 0.15) is 11.1 Å². The molecule has 2 heterocycles. The molecule has 3 aromatic carbocycles. The zero-order chi connectivity index (χ0) is 23.7. The van der Waals surface area contributed by atoms with E-state index in [9.17, 15) is 4.79 Å². The minimum absolute atomic E-state index is 0.260. The number of rotatable bonds is 4. The topological polar surface area (TPSA) is 57.5 Å². The summed E-state index contributed by atoms with van der Waals surface area (Å²) in [7, 11) is 1.36. The molecular formula is C26H21BrN4O2S. The summed E-state index contributed by atoms with van der Waals surface area (Å²) < 4.78 is 6.01. The van der Waals surface area contributed by atoms with Crippen molar-refractivity contribution in [2.75, 3.05) is 17.1 Å². The van der Waals surface area contributed by atoms with Crippen molar-refractivity contribution in [2.24, 2.45) is 10.2 Å². The highest BCUT2D eigenvalue weighted by atomic mass is 79.9. The first-order valence-corrected chi connectivity index (χ1v) is 12.2. The van der Waals surface area contributed by atoms with Crippen LogP contribution >= 0.6 is 27.7 Å². The molecule has 1 atom stereocenters. The van der Waals surface area contributed by atoms with E-state index in [1.807, 2.05) is 108 Å². The third-order valence-corrected chi connectivity index (χ3v) is 7.24. The number of carbonyl (C=O) groups is 1. The van der Waals surface area contributed by atoms with Gasteiger partial charge in [-0.05, 0) is 67.2 Å². The van der Waals surface area contributed by atoms with Crippen LogP contribution in [0.3, 0.4) is 0 Å². The van der Waals surface area contributed by atoms with Crippen molar-refractivity contribution in [1.82, 2.24) is 0 Å². The Hall–Kier alpha value is -3.36. The number of para-hydroxylation sites is 1. The van der Waals surface area contributed by atoms with Gasteiger partial charge in [0.2, 0.25) is 10.0 Å². The minimum atomic E-state index is -0.932. The molecule has 1 spiro atoms. The maximum atomic E-state index is 12.5. The molecule has 0 saturated carbocycles. The lowest BCUT2D eigenvalue weighted by atomic mass is 10.1. The fourth-order valence-electron chi connectivity index (χ4n) is 3.76. The number of hydrazone groups is 2. The van der Waals surface area contributed by atoms with Crippen LogP contribution in [-0.4, -0.2) is 28.8 Å². The highest BCUT2D eigenvalue weighted by Gasteiger charge is 2.51. The largest absolute Gasteiger partial charge is 0.464 e. The number of halogens is 1. The highest BCUT2D eigenvalue weighted by molar-refractivity contribution is 9.10. The van der Waals surface area contributed by atoms with E-state index in [1.165, 1.54) is 18.9 Å². The number of allylic oxidation sites excluding steroid dienone is 1. The number of benzene rings is 3. The van der Waals surface area contributed by atoms with Gasteiger partial charge >= 0.3 is 5.97 Å². The number of aryl methyl sites for hydroxylation is 1. The fourth-order valence-corrected chi connectivity index (χ4v) is 5.20. The summed E-state index contributed by atoms with van der Waals surface area (Å²) in [6.07, 6.45) is 4.01. The lowest BCUT2D eigenvalue weighted by Crippen LogP contribution is -2.53. The number of ether oxygens (including phenoxy) is 1. The molecule has 0 aliphatic carbocycles. The fraction of sp³-hybridized carbons (Fsp3) is 0.115. The summed E-state index contributed by atoms with van der Waals surface area (Å²) >= 11 is 4.80. The van der Waals surface area contributed by atoms with Gasteiger partial charge in [-0.15, -0.1) is 0 Å².